The normalized spacial score (nSPS) is 11.7. The van der Waals surface area contributed by atoms with Gasteiger partial charge in [-0.1, -0.05) is 35.5 Å². The van der Waals surface area contributed by atoms with E-state index in [4.69, 9.17) is 0 Å². The number of nitrogens with one attached hydrogen (secondary N) is 1. The fraction of sp³-hybridized carbons (Fsp3) is 0.250. The van der Waals surface area contributed by atoms with Crippen LogP contribution in [0.3, 0.4) is 0 Å². The first-order chi connectivity index (χ1) is 9.90. The molecule has 0 bridgehead atoms. The number of rotatable bonds is 4. The summed E-state index contributed by atoms with van der Waals surface area (Å²) in [6, 6.07) is 12.2. The van der Waals surface area contributed by atoms with Crippen molar-refractivity contribution in [2.45, 2.75) is 29.4 Å². The fourth-order valence-electron chi connectivity index (χ4n) is 1.97. The Morgan fingerprint density at radius 1 is 1.00 bits per heavy atom. The summed E-state index contributed by atoms with van der Waals surface area (Å²) >= 11 is 1.33. The van der Waals surface area contributed by atoms with Gasteiger partial charge in [0.05, 0.1) is 5.56 Å². The van der Waals surface area contributed by atoms with E-state index in [9.17, 15) is 13.2 Å². The predicted octanol–water partition coefficient (Wildman–Crippen LogP) is 4.88. The molecule has 0 amide bonds. The minimum Gasteiger partial charge on any atom is -0.316 e. The zero-order valence-electron chi connectivity index (χ0n) is 11.8. The van der Waals surface area contributed by atoms with Crippen molar-refractivity contribution in [3.05, 3.63) is 59.2 Å². The van der Waals surface area contributed by atoms with E-state index < -0.39 is 11.7 Å². The molecule has 0 fully saturated rings. The third kappa shape index (κ3) is 4.25. The maximum Gasteiger partial charge on any atom is 0.416 e. The summed E-state index contributed by atoms with van der Waals surface area (Å²) in [5.41, 5.74) is 0.812. The topological polar surface area (TPSA) is 12.0 Å². The minimum atomic E-state index is -4.34. The maximum absolute atomic E-state index is 13.1. The molecular formula is C16H16F3NS. The SMILES string of the molecule is CNCc1ccc(Sc2ccc(C)cc2)cc1C(F)(F)F. The van der Waals surface area contributed by atoms with Gasteiger partial charge in [-0.05, 0) is 43.8 Å². The molecule has 0 aliphatic heterocycles. The summed E-state index contributed by atoms with van der Waals surface area (Å²) < 4.78 is 39.3. The smallest absolute Gasteiger partial charge is 0.316 e. The standard InChI is InChI=1S/C16H16F3NS/c1-11-3-6-13(7-4-11)21-14-8-5-12(10-20-2)15(9-14)16(17,18)19/h3-9,20H,10H2,1-2H3. The molecule has 21 heavy (non-hydrogen) atoms. The summed E-state index contributed by atoms with van der Waals surface area (Å²) in [6.07, 6.45) is -4.34. The first kappa shape index (κ1) is 15.9. The molecule has 0 saturated heterocycles. The highest BCUT2D eigenvalue weighted by Crippen LogP contribution is 2.36. The van der Waals surface area contributed by atoms with Gasteiger partial charge in [0.2, 0.25) is 0 Å². The van der Waals surface area contributed by atoms with E-state index >= 15 is 0 Å². The lowest BCUT2D eigenvalue weighted by Crippen LogP contribution is -2.14. The summed E-state index contributed by atoms with van der Waals surface area (Å²) in [7, 11) is 1.63. The molecule has 0 radical (unpaired) electrons. The first-order valence-electron chi connectivity index (χ1n) is 6.49. The van der Waals surface area contributed by atoms with Gasteiger partial charge in [0.15, 0.2) is 0 Å². The van der Waals surface area contributed by atoms with Crippen LogP contribution >= 0.6 is 11.8 Å². The maximum atomic E-state index is 13.1. The van der Waals surface area contributed by atoms with Crippen molar-refractivity contribution in [1.82, 2.24) is 5.32 Å². The second kappa shape index (κ2) is 6.54. The average molecular weight is 311 g/mol. The van der Waals surface area contributed by atoms with Gasteiger partial charge in [-0.3, -0.25) is 0 Å². The average Bonchev–Trinajstić information content (AvgIpc) is 2.42. The van der Waals surface area contributed by atoms with Gasteiger partial charge < -0.3 is 5.32 Å². The third-order valence-electron chi connectivity index (χ3n) is 3.01. The van der Waals surface area contributed by atoms with Crippen LogP contribution in [0.15, 0.2) is 52.3 Å². The Kier molecular flexibility index (Phi) is 4.96. The molecule has 2 aromatic rings. The Hall–Kier alpha value is -1.46. The molecule has 1 N–H and O–H groups in total. The molecule has 2 aromatic carbocycles. The molecule has 5 heteroatoms. The van der Waals surface area contributed by atoms with Crippen molar-refractivity contribution >= 4 is 11.8 Å². The van der Waals surface area contributed by atoms with Gasteiger partial charge in [0, 0.05) is 16.3 Å². The zero-order chi connectivity index (χ0) is 15.5. The van der Waals surface area contributed by atoms with E-state index in [2.05, 4.69) is 5.32 Å². The van der Waals surface area contributed by atoms with Gasteiger partial charge in [-0.25, -0.2) is 0 Å². The van der Waals surface area contributed by atoms with E-state index in [1.54, 1.807) is 13.1 Å². The van der Waals surface area contributed by atoms with Crippen molar-refractivity contribution in [1.29, 1.82) is 0 Å². The van der Waals surface area contributed by atoms with Crippen molar-refractivity contribution in [2.24, 2.45) is 0 Å². The lowest BCUT2D eigenvalue weighted by Gasteiger charge is -2.14. The number of aryl methyl sites for hydroxylation is 1. The monoisotopic (exact) mass is 311 g/mol. The summed E-state index contributed by atoms with van der Waals surface area (Å²) in [5.74, 6) is 0. The summed E-state index contributed by atoms with van der Waals surface area (Å²) in [4.78, 5) is 1.51. The summed E-state index contributed by atoms with van der Waals surface area (Å²) in [5, 5.41) is 2.77. The minimum absolute atomic E-state index is 0.199. The van der Waals surface area contributed by atoms with Crippen molar-refractivity contribution in [3.63, 3.8) is 0 Å². The van der Waals surface area contributed by atoms with E-state index in [1.165, 1.54) is 23.9 Å². The molecule has 0 saturated carbocycles. The highest BCUT2D eigenvalue weighted by atomic mass is 32.2. The largest absolute Gasteiger partial charge is 0.416 e. The van der Waals surface area contributed by atoms with Crippen LogP contribution in [0.5, 0.6) is 0 Å². The number of benzene rings is 2. The number of hydrogen-bond acceptors (Lipinski definition) is 2. The molecule has 0 aliphatic carbocycles. The third-order valence-corrected chi connectivity index (χ3v) is 4.01. The lowest BCUT2D eigenvalue weighted by molar-refractivity contribution is -0.138. The highest BCUT2D eigenvalue weighted by molar-refractivity contribution is 7.99. The molecule has 0 aromatic heterocycles. The Morgan fingerprint density at radius 3 is 2.19 bits per heavy atom. The predicted molar refractivity (Wildman–Crippen MR) is 79.5 cm³/mol. The van der Waals surface area contributed by atoms with Gasteiger partial charge >= 0.3 is 6.18 Å². The Labute approximate surface area is 126 Å². The van der Waals surface area contributed by atoms with E-state index in [-0.39, 0.29) is 12.1 Å². The quantitative estimate of drug-likeness (QED) is 0.863. The molecule has 0 unspecified atom stereocenters. The van der Waals surface area contributed by atoms with E-state index in [0.29, 0.717) is 4.90 Å². The fourth-order valence-corrected chi connectivity index (χ4v) is 2.83. The van der Waals surface area contributed by atoms with Crippen LogP contribution in [-0.4, -0.2) is 7.05 Å². The Morgan fingerprint density at radius 2 is 1.62 bits per heavy atom. The molecule has 112 valence electrons. The second-order valence-electron chi connectivity index (χ2n) is 4.76. The number of alkyl halides is 3. The Balaban J connectivity index is 2.31. The van der Waals surface area contributed by atoms with E-state index in [1.807, 2.05) is 31.2 Å². The van der Waals surface area contributed by atoms with Crippen LogP contribution in [0.25, 0.3) is 0 Å². The van der Waals surface area contributed by atoms with Crippen molar-refractivity contribution in [3.8, 4) is 0 Å². The number of halogens is 3. The van der Waals surface area contributed by atoms with E-state index in [0.717, 1.165) is 10.5 Å². The zero-order valence-corrected chi connectivity index (χ0v) is 12.6. The van der Waals surface area contributed by atoms with Crippen LogP contribution < -0.4 is 5.32 Å². The van der Waals surface area contributed by atoms with Crippen molar-refractivity contribution in [2.75, 3.05) is 7.05 Å². The van der Waals surface area contributed by atoms with Crippen LogP contribution in [0.1, 0.15) is 16.7 Å². The molecule has 0 aliphatic rings. The first-order valence-corrected chi connectivity index (χ1v) is 7.31. The van der Waals surface area contributed by atoms with Crippen LogP contribution in [-0.2, 0) is 12.7 Å². The van der Waals surface area contributed by atoms with Gasteiger partial charge in [-0.2, -0.15) is 13.2 Å². The van der Waals surface area contributed by atoms with Gasteiger partial charge in [0.1, 0.15) is 0 Å². The van der Waals surface area contributed by atoms with Gasteiger partial charge in [-0.15, -0.1) is 0 Å². The van der Waals surface area contributed by atoms with Crippen LogP contribution in [0.4, 0.5) is 13.2 Å². The molecule has 0 heterocycles. The van der Waals surface area contributed by atoms with Gasteiger partial charge in [0.25, 0.3) is 0 Å². The summed E-state index contributed by atoms with van der Waals surface area (Å²) in [6.45, 7) is 2.17. The molecule has 2 rings (SSSR count). The lowest BCUT2D eigenvalue weighted by atomic mass is 10.1. The molecule has 1 nitrogen and oxygen atoms in total. The van der Waals surface area contributed by atoms with Crippen molar-refractivity contribution < 1.29 is 13.2 Å². The Bertz CT molecular complexity index is 606. The van der Waals surface area contributed by atoms with Crippen LogP contribution in [0, 0.1) is 6.92 Å². The molecule has 0 spiro atoms. The second-order valence-corrected chi connectivity index (χ2v) is 5.91. The molecular weight excluding hydrogens is 295 g/mol. The van der Waals surface area contributed by atoms with Crippen LogP contribution in [0.2, 0.25) is 0 Å². The highest BCUT2D eigenvalue weighted by Gasteiger charge is 2.33. The molecule has 0 atom stereocenters. The number of hydrogen-bond donors (Lipinski definition) is 1.